The molecule has 166 valence electrons. The molecular formula is C19H41N5O3S. The molecule has 0 radical (unpaired) electrons. The topological polar surface area (TPSA) is 77.5 Å². The average Bonchev–Trinajstić information content (AvgIpc) is 2.65. The lowest BCUT2D eigenvalue weighted by Crippen LogP contribution is -2.54. The minimum absolute atomic E-state index is 0.0424. The van der Waals surface area contributed by atoms with Crippen molar-refractivity contribution < 1.29 is 13.2 Å². The number of guanidine groups is 1. The maximum absolute atomic E-state index is 12.5. The van der Waals surface area contributed by atoms with Crippen molar-refractivity contribution in [3.63, 3.8) is 0 Å². The van der Waals surface area contributed by atoms with Crippen molar-refractivity contribution >= 4 is 16.0 Å². The van der Waals surface area contributed by atoms with E-state index in [1.54, 1.807) is 4.31 Å². The highest BCUT2D eigenvalue weighted by Gasteiger charge is 2.28. The Bertz CT molecular complexity index is 556. The molecule has 0 bridgehead atoms. The number of rotatable bonds is 11. The molecule has 1 saturated heterocycles. The number of aliphatic imine (C=N–C) groups is 1. The predicted molar refractivity (Wildman–Crippen MR) is 116 cm³/mol. The summed E-state index contributed by atoms with van der Waals surface area (Å²) in [7, 11) is -3.27. The van der Waals surface area contributed by atoms with E-state index in [1.165, 1.54) is 0 Å². The Hall–Kier alpha value is -0.900. The molecule has 9 heteroatoms. The first-order valence-electron chi connectivity index (χ1n) is 10.6. The van der Waals surface area contributed by atoms with Crippen molar-refractivity contribution in [2.24, 2.45) is 4.99 Å². The molecule has 0 amide bonds. The van der Waals surface area contributed by atoms with Crippen LogP contribution in [0.3, 0.4) is 0 Å². The summed E-state index contributed by atoms with van der Waals surface area (Å²) in [5, 5.41) is 3.35. The van der Waals surface area contributed by atoms with Crippen molar-refractivity contribution in [3.8, 4) is 0 Å². The Morgan fingerprint density at radius 1 is 1.11 bits per heavy atom. The third-order valence-corrected chi connectivity index (χ3v) is 6.83. The molecule has 1 heterocycles. The molecule has 1 aliphatic heterocycles. The number of hydrogen-bond donors (Lipinski definition) is 1. The maximum Gasteiger partial charge on any atom is 0.216 e. The van der Waals surface area contributed by atoms with Crippen molar-refractivity contribution in [2.75, 3.05) is 64.7 Å². The lowest BCUT2D eigenvalue weighted by molar-refractivity contribution is 0.0904. The van der Waals surface area contributed by atoms with Gasteiger partial charge in [-0.25, -0.2) is 8.42 Å². The van der Waals surface area contributed by atoms with Gasteiger partial charge in [-0.15, -0.1) is 0 Å². The van der Waals surface area contributed by atoms with Crippen LogP contribution in [0.15, 0.2) is 4.99 Å². The van der Waals surface area contributed by atoms with Crippen LogP contribution in [0.2, 0.25) is 0 Å². The molecule has 0 aromatic rings. The van der Waals surface area contributed by atoms with E-state index >= 15 is 0 Å². The predicted octanol–water partition coefficient (Wildman–Crippen LogP) is 1.05. The zero-order chi connectivity index (χ0) is 21.2. The quantitative estimate of drug-likeness (QED) is 0.399. The van der Waals surface area contributed by atoms with E-state index < -0.39 is 10.0 Å². The Labute approximate surface area is 172 Å². The van der Waals surface area contributed by atoms with Gasteiger partial charge < -0.3 is 15.0 Å². The molecular weight excluding hydrogens is 378 g/mol. The first-order valence-corrected chi connectivity index (χ1v) is 12.2. The third kappa shape index (κ3) is 8.23. The molecule has 1 rings (SSSR count). The second kappa shape index (κ2) is 12.6. The molecule has 0 spiro atoms. The molecule has 1 N–H and O–H groups in total. The second-order valence-electron chi connectivity index (χ2n) is 7.39. The van der Waals surface area contributed by atoms with Crippen molar-refractivity contribution in [2.45, 2.75) is 53.7 Å². The number of likely N-dealkylation sites (N-methyl/N-ethyl adjacent to an activating group) is 1. The van der Waals surface area contributed by atoms with Gasteiger partial charge in [-0.05, 0) is 40.8 Å². The van der Waals surface area contributed by atoms with Crippen LogP contribution in [0.5, 0.6) is 0 Å². The van der Waals surface area contributed by atoms with E-state index in [9.17, 15) is 8.42 Å². The van der Waals surface area contributed by atoms with E-state index in [2.05, 4.69) is 42.8 Å². The van der Waals surface area contributed by atoms with Crippen LogP contribution in [0.1, 0.15) is 41.5 Å². The standard InChI is InChI=1S/C19H41N5O3S/c1-7-20-19(21-16-18(6)22(8-2)9-3)23-10-12-24(13-11-23)28(25,26)15-14-27-17(4)5/h17-18H,7-16H2,1-6H3,(H,20,21). The van der Waals surface area contributed by atoms with Crippen molar-refractivity contribution in [1.82, 2.24) is 19.4 Å². The maximum atomic E-state index is 12.5. The summed E-state index contributed by atoms with van der Waals surface area (Å²) < 4.78 is 32.0. The van der Waals surface area contributed by atoms with Gasteiger partial charge in [0.15, 0.2) is 5.96 Å². The first kappa shape index (κ1) is 25.1. The second-order valence-corrected chi connectivity index (χ2v) is 9.47. The molecule has 1 atom stereocenters. The average molecular weight is 420 g/mol. The monoisotopic (exact) mass is 419 g/mol. The van der Waals surface area contributed by atoms with E-state index in [0.29, 0.717) is 32.2 Å². The highest BCUT2D eigenvalue weighted by atomic mass is 32.2. The Kier molecular flexibility index (Phi) is 11.3. The van der Waals surface area contributed by atoms with Gasteiger partial charge in [0.25, 0.3) is 0 Å². The zero-order valence-electron chi connectivity index (χ0n) is 18.6. The molecule has 1 unspecified atom stereocenters. The summed E-state index contributed by atoms with van der Waals surface area (Å²) in [5.74, 6) is 0.919. The number of piperazine rings is 1. The van der Waals surface area contributed by atoms with Crippen molar-refractivity contribution in [1.29, 1.82) is 0 Å². The summed E-state index contributed by atoms with van der Waals surface area (Å²) in [6, 6.07) is 0.381. The largest absolute Gasteiger partial charge is 0.378 e. The van der Waals surface area contributed by atoms with Crippen molar-refractivity contribution in [3.05, 3.63) is 0 Å². The van der Waals surface area contributed by atoms with Gasteiger partial charge >= 0.3 is 0 Å². The van der Waals surface area contributed by atoms with E-state index in [4.69, 9.17) is 9.73 Å². The fourth-order valence-electron chi connectivity index (χ4n) is 3.30. The number of sulfonamides is 1. The van der Waals surface area contributed by atoms with Gasteiger partial charge in [-0.2, -0.15) is 4.31 Å². The molecule has 8 nitrogen and oxygen atoms in total. The number of nitrogens with zero attached hydrogens (tertiary/aromatic N) is 4. The van der Waals surface area contributed by atoms with E-state index in [0.717, 1.165) is 32.1 Å². The van der Waals surface area contributed by atoms with Gasteiger partial charge in [0, 0.05) is 38.8 Å². The minimum Gasteiger partial charge on any atom is -0.378 e. The summed E-state index contributed by atoms with van der Waals surface area (Å²) in [6.07, 6.45) is 0.0460. The minimum atomic E-state index is -3.27. The van der Waals surface area contributed by atoms with E-state index in [-0.39, 0.29) is 18.5 Å². The number of hydrogen-bond acceptors (Lipinski definition) is 5. The first-order chi connectivity index (χ1) is 13.2. The van der Waals surface area contributed by atoms with E-state index in [1.807, 2.05) is 13.8 Å². The highest BCUT2D eigenvalue weighted by molar-refractivity contribution is 7.89. The summed E-state index contributed by atoms with van der Waals surface area (Å²) >= 11 is 0. The summed E-state index contributed by atoms with van der Waals surface area (Å²) in [6.45, 7) is 18.5. The summed E-state index contributed by atoms with van der Waals surface area (Å²) in [4.78, 5) is 9.36. The van der Waals surface area contributed by atoms with Gasteiger partial charge in [0.1, 0.15) is 0 Å². The molecule has 0 aromatic heterocycles. The molecule has 0 saturated carbocycles. The summed E-state index contributed by atoms with van der Waals surface area (Å²) in [5.41, 5.74) is 0. The Morgan fingerprint density at radius 2 is 1.71 bits per heavy atom. The molecule has 0 aliphatic carbocycles. The highest BCUT2D eigenvalue weighted by Crippen LogP contribution is 2.09. The van der Waals surface area contributed by atoms with Crippen LogP contribution >= 0.6 is 0 Å². The Morgan fingerprint density at radius 3 is 2.21 bits per heavy atom. The smallest absolute Gasteiger partial charge is 0.216 e. The molecule has 28 heavy (non-hydrogen) atoms. The number of nitrogens with one attached hydrogen (secondary N) is 1. The lowest BCUT2D eigenvalue weighted by Gasteiger charge is -2.36. The third-order valence-electron chi connectivity index (χ3n) is 5.00. The van der Waals surface area contributed by atoms with Crippen LogP contribution in [-0.4, -0.2) is 105 Å². The lowest BCUT2D eigenvalue weighted by atomic mass is 10.3. The molecule has 1 aliphatic rings. The van der Waals surface area contributed by atoms with Gasteiger partial charge in [-0.1, -0.05) is 13.8 Å². The van der Waals surface area contributed by atoms with Gasteiger partial charge in [0.2, 0.25) is 10.0 Å². The molecule has 0 aromatic carbocycles. The van der Waals surface area contributed by atoms with Gasteiger partial charge in [-0.3, -0.25) is 9.89 Å². The van der Waals surface area contributed by atoms with Crippen LogP contribution in [0, 0.1) is 0 Å². The fraction of sp³-hybridized carbons (Fsp3) is 0.947. The van der Waals surface area contributed by atoms with Crippen LogP contribution in [0.4, 0.5) is 0 Å². The number of ether oxygens (including phenoxy) is 1. The van der Waals surface area contributed by atoms with Crippen LogP contribution in [0.25, 0.3) is 0 Å². The fourth-order valence-corrected chi connectivity index (χ4v) is 4.59. The van der Waals surface area contributed by atoms with Crippen LogP contribution < -0.4 is 5.32 Å². The van der Waals surface area contributed by atoms with Crippen LogP contribution in [-0.2, 0) is 14.8 Å². The zero-order valence-corrected chi connectivity index (χ0v) is 19.5. The normalized spacial score (nSPS) is 18.1. The SMILES string of the molecule is CCNC(=NCC(C)N(CC)CC)N1CCN(S(=O)(=O)CCOC(C)C)CC1. The Balaban J connectivity index is 2.62. The molecule has 1 fully saturated rings. The van der Waals surface area contributed by atoms with Gasteiger partial charge in [0.05, 0.1) is 25.0 Å².